The number of benzene rings is 1. The zero-order valence-corrected chi connectivity index (χ0v) is 13.7. The number of fused-ring (bicyclic) bond motifs is 1. The summed E-state index contributed by atoms with van der Waals surface area (Å²) in [5, 5.41) is 0. The summed E-state index contributed by atoms with van der Waals surface area (Å²) in [4.78, 5) is 9.46. The van der Waals surface area contributed by atoms with E-state index in [4.69, 9.17) is 11.5 Å². The van der Waals surface area contributed by atoms with Gasteiger partial charge in [0.1, 0.15) is 6.17 Å². The van der Waals surface area contributed by atoms with Gasteiger partial charge in [-0.15, -0.1) is 0 Å². The van der Waals surface area contributed by atoms with E-state index in [0.29, 0.717) is 11.6 Å². The minimum atomic E-state index is -5.01. The van der Waals surface area contributed by atoms with Crippen LogP contribution in [0.25, 0.3) is 11.3 Å². The largest absolute Gasteiger partial charge is 0.417 e. The molecule has 3 rings (SSSR count). The maximum atomic E-state index is 13.3. The third kappa shape index (κ3) is 3.42. The van der Waals surface area contributed by atoms with E-state index >= 15 is 0 Å². The Hall–Kier alpha value is -2.82. The van der Waals surface area contributed by atoms with Gasteiger partial charge >= 0.3 is 12.4 Å². The normalized spacial score (nSPS) is 17.6. The van der Waals surface area contributed by atoms with Crippen LogP contribution in [0.1, 0.15) is 22.9 Å². The number of nitrogens with two attached hydrogens (primary N) is 2. The molecule has 1 unspecified atom stereocenters. The summed E-state index contributed by atoms with van der Waals surface area (Å²) in [6.45, 7) is 0. The number of pyridine rings is 1. The molecule has 0 aliphatic carbocycles. The SMILES string of the molecule is CN1C(N)=Nc2nc(-c3ccc(C(F)(F)F)cc3C(F)(F)F)ccc2C1N. The average molecular weight is 389 g/mol. The fraction of sp³-hybridized carbons (Fsp3) is 0.250. The first-order valence-electron chi connectivity index (χ1n) is 7.52. The standard InChI is InChI=1S/C16H13F6N5/c1-27-12(23)9-4-5-11(25-13(9)26-14(27)24)8-3-2-7(15(17,18)19)6-10(8)16(20,21)22/h2-6,12H,23H2,1H3,(H2,24,25,26). The first kappa shape index (κ1) is 19.0. The van der Waals surface area contributed by atoms with E-state index in [1.807, 2.05) is 0 Å². The molecular formula is C16H13F6N5. The second-order valence-corrected chi connectivity index (χ2v) is 5.89. The van der Waals surface area contributed by atoms with Crippen molar-refractivity contribution in [2.75, 3.05) is 7.05 Å². The Morgan fingerprint density at radius 2 is 1.67 bits per heavy atom. The van der Waals surface area contributed by atoms with Gasteiger partial charge in [0.25, 0.3) is 0 Å². The molecule has 1 aromatic carbocycles. The molecule has 2 heterocycles. The Bertz CT molecular complexity index is 918. The minimum Gasteiger partial charge on any atom is -0.369 e. The Labute approximate surface area is 149 Å². The zero-order valence-electron chi connectivity index (χ0n) is 13.7. The Kier molecular flexibility index (Phi) is 4.29. The van der Waals surface area contributed by atoms with E-state index in [1.165, 1.54) is 17.0 Å². The topological polar surface area (TPSA) is 80.5 Å². The van der Waals surface area contributed by atoms with Gasteiger partial charge in [-0.05, 0) is 24.3 Å². The van der Waals surface area contributed by atoms with Crippen LogP contribution in [0.4, 0.5) is 32.2 Å². The fourth-order valence-corrected chi connectivity index (χ4v) is 2.65. The number of nitrogens with zero attached hydrogens (tertiary/aromatic N) is 3. The van der Waals surface area contributed by atoms with Crippen molar-refractivity contribution in [2.45, 2.75) is 18.5 Å². The Balaban J connectivity index is 2.17. The molecule has 4 N–H and O–H groups in total. The van der Waals surface area contributed by atoms with Crippen molar-refractivity contribution < 1.29 is 26.3 Å². The number of alkyl halides is 6. The fourth-order valence-electron chi connectivity index (χ4n) is 2.65. The molecule has 1 atom stereocenters. The van der Waals surface area contributed by atoms with E-state index in [1.54, 1.807) is 7.05 Å². The molecular weight excluding hydrogens is 376 g/mol. The summed E-state index contributed by atoms with van der Waals surface area (Å²) >= 11 is 0. The molecule has 0 bridgehead atoms. The van der Waals surface area contributed by atoms with Gasteiger partial charge in [0.2, 0.25) is 0 Å². The molecule has 0 amide bonds. The van der Waals surface area contributed by atoms with Crippen LogP contribution in [-0.2, 0) is 12.4 Å². The summed E-state index contributed by atoms with van der Waals surface area (Å²) in [6.07, 6.45) is -10.6. The maximum Gasteiger partial charge on any atom is 0.417 e. The van der Waals surface area contributed by atoms with E-state index in [9.17, 15) is 26.3 Å². The van der Waals surface area contributed by atoms with Gasteiger partial charge in [0.05, 0.1) is 16.8 Å². The van der Waals surface area contributed by atoms with Crippen LogP contribution in [0, 0.1) is 0 Å². The van der Waals surface area contributed by atoms with E-state index in [2.05, 4.69) is 9.98 Å². The third-order valence-electron chi connectivity index (χ3n) is 4.15. The molecule has 0 saturated carbocycles. The van der Waals surface area contributed by atoms with Crippen molar-refractivity contribution in [1.82, 2.24) is 9.88 Å². The smallest absolute Gasteiger partial charge is 0.369 e. The summed E-state index contributed by atoms with van der Waals surface area (Å²) < 4.78 is 78.5. The quantitative estimate of drug-likeness (QED) is 0.730. The van der Waals surface area contributed by atoms with Gasteiger partial charge in [0.15, 0.2) is 11.8 Å². The van der Waals surface area contributed by atoms with Crippen LogP contribution < -0.4 is 11.5 Å². The first-order valence-corrected chi connectivity index (χ1v) is 7.52. The van der Waals surface area contributed by atoms with Crippen molar-refractivity contribution in [1.29, 1.82) is 0 Å². The zero-order chi connectivity index (χ0) is 20.1. The highest BCUT2D eigenvalue weighted by molar-refractivity contribution is 5.83. The molecule has 144 valence electrons. The molecule has 1 aliphatic rings. The number of aliphatic imine (C=N–C) groups is 1. The monoisotopic (exact) mass is 389 g/mol. The molecule has 0 saturated heterocycles. The lowest BCUT2D eigenvalue weighted by Crippen LogP contribution is -2.43. The average Bonchev–Trinajstić information content (AvgIpc) is 2.57. The third-order valence-corrected chi connectivity index (χ3v) is 4.15. The van der Waals surface area contributed by atoms with Crippen LogP contribution in [0.5, 0.6) is 0 Å². The van der Waals surface area contributed by atoms with Crippen molar-refractivity contribution >= 4 is 11.8 Å². The number of hydrogen-bond donors (Lipinski definition) is 2. The van der Waals surface area contributed by atoms with Gasteiger partial charge in [-0.3, -0.25) is 0 Å². The highest BCUT2D eigenvalue weighted by atomic mass is 19.4. The second kappa shape index (κ2) is 6.12. The minimum absolute atomic E-state index is 0.0168. The van der Waals surface area contributed by atoms with E-state index in [0.717, 1.165) is 6.07 Å². The van der Waals surface area contributed by atoms with Gasteiger partial charge < -0.3 is 16.4 Å². The highest BCUT2D eigenvalue weighted by Gasteiger charge is 2.38. The maximum absolute atomic E-state index is 13.3. The number of guanidine groups is 1. The van der Waals surface area contributed by atoms with Crippen LogP contribution in [0.3, 0.4) is 0 Å². The number of aromatic nitrogens is 1. The molecule has 0 radical (unpaired) electrons. The van der Waals surface area contributed by atoms with Crippen LogP contribution in [-0.4, -0.2) is 22.9 Å². The van der Waals surface area contributed by atoms with Gasteiger partial charge in [0, 0.05) is 18.2 Å². The van der Waals surface area contributed by atoms with Crippen molar-refractivity contribution in [3.8, 4) is 11.3 Å². The van der Waals surface area contributed by atoms with E-state index in [-0.39, 0.29) is 23.5 Å². The van der Waals surface area contributed by atoms with Crippen molar-refractivity contribution in [3.05, 3.63) is 47.0 Å². The lowest BCUT2D eigenvalue weighted by atomic mass is 9.99. The number of halogens is 6. The molecule has 0 spiro atoms. The number of rotatable bonds is 1. The highest BCUT2D eigenvalue weighted by Crippen LogP contribution is 2.41. The van der Waals surface area contributed by atoms with Crippen molar-refractivity contribution in [3.63, 3.8) is 0 Å². The molecule has 11 heteroatoms. The van der Waals surface area contributed by atoms with Gasteiger partial charge in [-0.25, -0.2) is 4.98 Å². The molecule has 27 heavy (non-hydrogen) atoms. The second-order valence-electron chi connectivity index (χ2n) is 5.89. The first-order chi connectivity index (χ1) is 12.4. The van der Waals surface area contributed by atoms with Crippen molar-refractivity contribution in [2.24, 2.45) is 16.5 Å². The molecule has 2 aromatic rings. The summed E-state index contributed by atoms with van der Waals surface area (Å²) in [5.74, 6) is 0.0340. The van der Waals surface area contributed by atoms with Crippen LogP contribution in [0.2, 0.25) is 0 Å². The molecule has 1 aliphatic heterocycles. The summed E-state index contributed by atoms with van der Waals surface area (Å²) in [7, 11) is 1.58. The summed E-state index contributed by atoms with van der Waals surface area (Å²) in [5.41, 5.74) is 8.53. The van der Waals surface area contributed by atoms with Gasteiger partial charge in [-0.1, -0.05) is 6.07 Å². The lowest BCUT2D eigenvalue weighted by Gasteiger charge is -2.30. The molecule has 1 aromatic heterocycles. The predicted octanol–water partition coefficient (Wildman–Crippen LogP) is 3.64. The lowest BCUT2D eigenvalue weighted by molar-refractivity contribution is -0.142. The molecule has 0 fully saturated rings. The summed E-state index contributed by atoms with van der Waals surface area (Å²) in [6, 6.07) is 4.05. The predicted molar refractivity (Wildman–Crippen MR) is 85.7 cm³/mol. The molecule has 5 nitrogen and oxygen atoms in total. The Morgan fingerprint density at radius 3 is 2.26 bits per heavy atom. The van der Waals surface area contributed by atoms with Crippen LogP contribution >= 0.6 is 0 Å². The van der Waals surface area contributed by atoms with Crippen LogP contribution in [0.15, 0.2) is 35.3 Å². The number of hydrogen-bond acceptors (Lipinski definition) is 5. The Morgan fingerprint density at radius 1 is 1.00 bits per heavy atom. The van der Waals surface area contributed by atoms with Gasteiger partial charge in [-0.2, -0.15) is 31.3 Å². The van der Waals surface area contributed by atoms with E-state index < -0.39 is 35.2 Å².